The average molecular weight is 312 g/mol. The molecule has 1 aromatic rings. The Kier molecular flexibility index (Phi) is 4.51. The van der Waals surface area contributed by atoms with Crippen molar-refractivity contribution >= 4 is 23.4 Å². The van der Waals surface area contributed by atoms with E-state index in [9.17, 15) is 14.7 Å². The number of hydrogen-bond acceptors (Lipinski definition) is 5. The molecule has 0 saturated carbocycles. The lowest BCUT2D eigenvalue weighted by molar-refractivity contribution is -0.142. The third-order valence-electron chi connectivity index (χ3n) is 3.28. The third kappa shape index (κ3) is 4.17. The van der Waals surface area contributed by atoms with Gasteiger partial charge in [-0.25, -0.2) is 14.6 Å². The molecular weight excluding hydrogens is 292 g/mol. The largest absolute Gasteiger partial charge is 0.480 e. The fraction of sp³-hybridized carbons (Fsp3) is 0.643. The van der Waals surface area contributed by atoms with Crippen molar-refractivity contribution in [2.24, 2.45) is 5.92 Å². The van der Waals surface area contributed by atoms with E-state index < -0.39 is 23.7 Å². The van der Waals surface area contributed by atoms with Gasteiger partial charge in [-0.3, -0.25) is 4.90 Å². The number of aromatic nitrogens is 1. The first-order valence-corrected chi connectivity index (χ1v) is 7.80. The molecule has 1 aliphatic rings. The Morgan fingerprint density at radius 1 is 1.52 bits per heavy atom. The van der Waals surface area contributed by atoms with E-state index in [1.54, 1.807) is 26.3 Å². The minimum absolute atomic E-state index is 0.0979. The first-order valence-electron chi connectivity index (χ1n) is 6.86. The van der Waals surface area contributed by atoms with Crippen molar-refractivity contribution in [1.29, 1.82) is 0 Å². The molecule has 7 heteroatoms. The molecule has 1 aliphatic heterocycles. The second-order valence-electron chi connectivity index (χ2n) is 6.27. The van der Waals surface area contributed by atoms with Gasteiger partial charge in [-0.1, -0.05) is 0 Å². The molecule has 21 heavy (non-hydrogen) atoms. The van der Waals surface area contributed by atoms with Crippen molar-refractivity contribution in [3.05, 3.63) is 16.6 Å². The van der Waals surface area contributed by atoms with E-state index in [2.05, 4.69) is 4.98 Å². The van der Waals surface area contributed by atoms with Gasteiger partial charge in [0.05, 0.1) is 11.2 Å². The van der Waals surface area contributed by atoms with E-state index in [1.165, 1.54) is 16.2 Å². The molecule has 0 aliphatic carbocycles. The molecule has 1 saturated heterocycles. The summed E-state index contributed by atoms with van der Waals surface area (Å²) >= 11 is 1.51. The molecule has 1 N–H and O–H groups in total. The fourth-order valence-electron chi connectivity index (χ4n) is 2.46. The SMILES string of the molecule is CC(C)(C)OC(=O)N1C[C@@H](Cc2cscn2)C[C@@H]1C(=O)O. The van der Waals surface area contributed by atoms with Gasteiger partial charge < -0.3 is 9.84 Å². The molecule has 1 aromatic heterocycles. The number of amides is 1. The number of carboxylic acids is 1. The summed E-state index contributed by atoms with van der Waals surface area (Å²) in [6.07, 6.45) is 0.564. The standard InChI is InChI=1S/C14H20N2O4S/c1-14(2,3)20-13(19)16-6-9(5-11(16)12(17)18)4-10-7-21-8-15-10/h7-9,11H,4-6H2,1-3H3,(H,17,18)/t9-,11+/m0/s1. The predicted octanol–water partition coefficient (Wildman–Crippen LogP) is 2.40. The minimum atomic E-state index is -0.985. The molecule has 0 aromatic carbocycles. The van der Waals surface area contributed by atoms with E-state index in [0.717, 1.165) is 5.69 Å². The lowest BCUT2D eigenvalue weighted by atomic mass is 10.0. The maximum Gasteiger partial charge on any atom is 0.411 e. The van der Waals surface area contributed by atoms with E-state index in [0.29, 0.717) is 19.4 Å². The highest BCUT2D eigenvalue weighted by Gasteiger charge is 2.41. The van der Waals surface area contributed by atoms with E-state index in [-0.39, 0.29) is 5.92 Å². The van der Waals surface area contributed by atoms with Gasteiger partial charge in [0.2, 0.25) is 0 Å². The molecule has 1 fully saturated rings. The number of hydrogen-bond donors (Lipinski definition) is 1. The average Bonchev–Trinajstić information content (AvgIpc) is 2.96. The second-order valence-corrected chi connectivity index (χ2v) is 6.99. The fourth-order valence-corrected chi connectivity index (χ4v) is 3.03. The Bertz CT molecular complexity index is 510. The van der Waals surface area contributed by atoms with Crippen molar-refractivity contribution in [3.8, 4) is 0 Å². The van der Waals surface area contributed by atoms with Crippen molar-refractivity contribution in [2.75, 3.05) is 6.54 Å². The van der Waals surface area contributed by atoms with E-state index >= 15 is 0 Å². The highest BCUT2D eigenvalue weighted by atomic mass is 32.1. The molecule has 2 heterocycles. The van der Waals surface area contributed by atoms with Crippen LogP contribution in [0.5, 0.6) is 0 Å². The van der Waals surface area contributed by atoms with Gasteiger partial charge in [-0.05, 0) is 39.5 Å². The lowest BCUT2D eigenvalue weighted by Gasteiger charge is -2.26. The highest BCUT2D eigenvalue weighted by Crippen LogP contribution is 2.28. The monoisotopic (exact) mass is 312 g/mol. The first-order chi connectivity index (χ1) is 9.76. The van der Waals surface area contributed by atoms with Gasteiger partial charge in [-0.15, -0.1) is 11.3 Å². The lowest BCUT2D eigenvalue weighted by Crippen LogP contribution is -2.43. The van der Waals surface area contributed by atoms with Crippen LogP contribution in [0.4, 0.5) is 4.79 Å². The van der Waals surface area contributed by atoms with Crippen molar-refractivity contribution in [1.82, 2.24) is 9.88 Å². The van der Waals surface area contributed by atoms with Gasteiger partial charge in [-0.2, -0.15) is 0 Å². The Labute approximate surface area is 127 Å². The number of ether oxygens (including phenoxy) is 1. The van der Waals surface area contributed by atoms with Crippen LogP contribution in [0.3, 0.4) is 0 Å². The van der Waals surface area contributed by atoms with Crippen molar-refractivity contribution in [3.63, 3.8) is 0 Å². The topological polar surface area (TPSA) is 79.7 Å². The molecule has 2 rings (SSSR count). The molecular formula is C14H20N2O4S. The zero-order chi connectivity index (χ0) is 15.6. The summed E-state index contributed by atoms with van der Waals surface area (Å²) in [5.41, 5.74) is 2.07. The van der Waals surface area contributed by atoms with Gasteiger partial charge >= 0.3 is 12.1 Å². The molecule has 116 valence electrons. The summed E-state index contributed by atoms with van der Waals surface area (Å²) in [4.78, 5) is 29.1. The summed E-state index contributed by atoms with van der Waals surface area (Å²) in [5, 5.41) is 11.3. The Morgan fingerprint density at radius 3 is 2.76 bits per heavy atom. The molecule has 2 atom stereocenters. The zero-order valence-corrected chi connectivity index (χ0v) is 13.2. The smallest absolute Gasteiger partial charge is 0.411 e. The summed E-state index contributed by atoms with van der Waals surface area (Å²) in [7, 11) is 0. The van der Waals surface area contributed by atoms with Crippen molar-refractivity contribution < 1.29 is 19.4 Å². The van der Waals surface area contributed by atoms with Crippen LogP contribution in [-0.2, 0) is 16.0 Å². The first kappa shape index (κ1) is 15.8. The van der Waals surface area contributed by atoms with Gasteiger partial charge in [0.25, 0.3) is 0 Å². The highest BCUT2D eigenvalue weighted by molar-refractivity contribution is 7.07. The summed E-state index contributed by atoms with van der Waals surface area (Å²) in [6, 6.07) is -0.816. The maximum atomic E-state index is 12.2. The van der Waals surface area contributed by atoms with E-state index in [4.69, 9.17) is 4.74 Å². The molecule has 0 unspecified atom stereocenters. The van der Waals surface area contributed by atoms with Crippen LogP contribution in [-0.4, -0.2) is 45.2 Å². The Morgan fingerprint density at radius 2 is 2.24 bits per heavy atom. The quantitative estimate of drug-likeness (QED) is 0.927. The van der Waals surface area contributed by atoms with Gasteiger partial charge in [0.15, 0.2) is 0 Å². The predicted molar refractivity (Wildman–Crippen MR) is 78.3 cm³/mol. The third-order valence-corrected chi connectivity index (χ3v) is 3.92. The number of nitrogens with zero attached hydrogens (tertiary/aromatic N) is 2. The van der Waals surface area contributed by atoms with Crippen molar-refractivity contribution in [2.45, 2.75) is 45.3 Å². The normalized spacial score (nSPS) is 22.3. The van der Waals surface area contributed by atoms with Crippen LogP contribution in [0.2, 0.25) is 0 Å². The summed E-state index contributed by atoms with van der Waals surface area (Å²) < 4.78 is 5.30. The molecule has 6 nitrogen and oxygen atoms in total. The van der Waals surface area contributed by atoms with Crippen LogP contribution in [0.25, 0.3) is 0 Å². The van der Waals surface area contributed by atoms with Crippen LogP contribution in [0.15, 0.2) is 10.9 Å². The van der Waals surface area contributed by atoms with Gasteiger partial charge in [0, 0.05) is 11.9 Å². The molecule has 0 bridgehead atoms. The molecule has 0 spiro atoms. The number of carboxylic acid groups (broad SMARTS) is 1. The van der Waals surface area contributed by atoms with Crippen LogP contribution >= 0.6 is 11.3 Å². The van der Waals surface area contributed by atoms with Crippen LogP contribution < -0.4 is 0 Å². The summed E-state index contributed by atoms with van der Waals surface area (Å²) in [5.74, 6) is -0.887. The zero-order valence-electron chi connectivity index (χ0n) is 12.4. The summed E-state index contributed by atoms with van der Waals surface area (Å²) in [6.45, 7) is 5.69. The van der Waals surface area contributed by atoms with Gasteiger partial charge in [0.1, 0.15) is 11.6 Å². The number of aliphatic carboxylic acids is 1. The maximum absolute atomic E-state index is 12.2. The second kappa shape index (κ2) is 6.01. The minimum Gasteiger partial charge on any atom is -0.480 e. The Balaban J connectivity index is 2.05. The van der Waals surface area contributed by atoms with E-state index in [1.807, 2.05) is 5.38 Å². The number of carbonyl (C=O) groups is 2. The number of likely N-dealkylation sites (tertiary alicyclic amines) is 1. The number of thiazole rings is 1. The van der Waals surface area contributed by atoms with Crippen LogP contribution in [0, 0.1) is 5.92 Å². The molecule has 0 radical (unpaired) electrons. The van der Waals surface area contributed by atoms with Crippen LogP contribution in [0.1, 0.15) is 32.9 Å². The Hall–Kier alpha value is -1.63. The number of carbonyl (C=O) groups excluding carboxylic acids is 1. The number of rotatable bonds is 3. The molecule has 1 amide bonds.